The Balaban J connectivity index is 2.00. The van der Waals surface area contributed by atoms with Gasteiger partial charge in [0.2, 0.25) is 5.75 Å². The van der Waals surface area contributed by atoms with E-state index in [9.17, 15) is 0 Å². The molecule has 0 fully saturated rings. The maximum Gasteiger partial charge on any atom is 0.254 e. The highest BCUT2D eigenvalue weighted by molar-refractivity contribution is 5.57. The van der Waals surface area contributed by atoms with Crippen molar-refractivity contribution in [2.45, 2.75) is 13.5 Å². The standard InChI is InChI=1S/C17H21N5O3/c1-11-8-14(22-17(20-11)18-10-19-22)21(2)9-12-6-7-13(23-3)16(25-5)15(12)24-4/h6-8,10H,9H2,1-5H3. The smallest absolute Gasteiger partial charge is 0.254 e. The lowest BCUT2D eigenvalue weighted by atomic mass is 10.1. The number of anilines is 1. The summed E-state index contributed by atoms with van der Waals surface area (Å²) in [6, 6.07) is 5.80. The molecule has 3 rings (SSSR count). The van der Waals surface area contributed by atoms with Gasteiger partial charge in [-0.15, -0.1) is 0 Å². The third-order valence-electron chi connectivity index (χ3n) is 3.95. The summed E-state index contributed by atoms with van der Waals surface area (Å²) >= 11 is 0. The number of fused-ring (bicyclic) bond motifs is 1. The van der Waals surface area contributed by atoms with Crippen molar-refractivity contribution in [2.75, 3.05) is 33.3 Å². The van der Waals surface area contributed by atoms with Crippen molar-refractivity contribution in [3.63, 3.8) is 0 Å². The molecule has 0 aliphatic heterocycles. The van der Waals surface area contributed by atoms with Crippen LogP contribution >= 0.6 is 0 Å². The molecule has 8 nitrogen and oxygen atoms in total. The second-order valence-corrected chi connectivity index (χ2v) is 5.58. The SMILES string of the molecule is COc1ccc(CN(C)c2cc(C)nc3ncnn23)c(OC)c1OC. The predicted octanol–water partition coefficient (Wildman–Crippen LogP) is 2.09. The molecule has 0 amide bonds. The first kappa shape index (κ1) is 16.8. The fourth-order valence-corrected chi connectivity index (χ4v) is 2.81. The van der Waals surface area contributed by atoms with Crippen molar-refractivity contribution in [1.29, 1.82) is 0 Å². The Morgan fingerprint density at radius 1 is 1.08 bits per heavy atom. The molecule has 0 N–H and O–H groups in total. The highest BCUT2D eigenvalue weighted by atomic mass is 16.5. The minimum Gasteiger partial charge on any atom is -0.493 e. The summed E-state index contributed by atoms with van der Waals surface area (Å²) < 4.78 is 18.1. The summed E-state index contributed by atoms with van der Waals surface area (Å²) in [5.74, 6) is 3.31. The molecule has 0 aliphatic rings. The van der Waals surface area contributed by atoms with Crippen LogP contribution in [0.2, 0.25) is 0 Å². The molecule has 0 spiro atoms. The second kappa shape index (κ2) is 6.84. The molecule has 0 aliphatic carbocycles. The molecule has 3 aromatic rings. The van der Waals surface area contributed by atoms with Gasteiger partial charge in [-0.2, -0.15) is 14.6 Å². The van der Waals surface area contributed by atoms with Crippen LogP contribution in [0.3, 0.4) is 0 Å². The van der Waals surface area contributed by atoms with Gasteiger partial charge in [-0.3, -0.25) is 0 Å². The van der Waals surface area contributed by atoms with Crippen molar-refractivity contribution in [3.8, 4) is 17.2 Å². The molecule has 2 aromatic heterocycles. The number of hydrogen-bond acceptors (Lipinski definition) is 7. The topological polar surface area (TPSA) is 74.0 Å². The Kier molecular flexibility index (Phi) is 4.60. The van der Waals surface area contributed by atoms with Crippen LogP contribution in [-0.4, -0.2) is 48.0 Å². The molecule has 132 valence electrons. The van der Waals surface area contributed by atoms with Gasteiger partial charge in [0.1, 0.15) is 12.1 Å². The third-order valence-corrected chi connectivity index (χ3v) is 3.95. The maximum absolute atomic E-state index is 5.56. The van der Waals surface area contributed by atoms with Crippen LogP contribution in [0.15, 0.2) is 24.5 Å². The first-order valence-corrected chi connectivity index (χ1v) is 7.75. The Labute approximate surface area is 146 Å². The number of methoxy groups -OCH3 is 3. The van der Waals surface area contributed by atoms with Crippen LogP contribution in [-0.2, 0) is 6.54 Å². The summed E-state index contributed by atoms with van der Waals surface area (Å²) in [5.41, 5.74) is 1.84. The van der Waals surface area contributed by atoms with Crippen molar-refractivity contribution < 1.29 is 14.2 Å². The zero-order valence-corrected chi connectivity index (χ0v) is 15.0. The van der Waals surface area contributed by atoms with E-state index in [4.69, 9.17) is 14.2 Å². The van der Waals surface area contributed by atoms with E-state index < -0.39 is 0 Å². The van der Waals surface area contributed by atoms with E-state index in [1.807, 2.05) is 32.2 Å². The van der Waals surface area contributed by atoms with E-state index in [0.29, 0.717) is 29.6 Å². The number of ether oxygens (including phenoxy) is 3. The lowest BCUT2D eigenvalue weighted by molar-refractivity contribution is 0.322. The second-order valence-electron chi connectivity index (χ2n) is 5.58. The summed E-state index contributed by atoms with van der Waals surface area (Å²) in [7, 11) is 6.79. The van der Waals surface area contributed by atoms with E-state index in [1.54, 1.807) is 25.8 Å². The molecular weight excluding hydrogens is 322 g/mol. The highest BCUT2D eigenvalue weighted by Crippen LogP contribution is 2.40. The molecule has 2 heterocycles. The minimum absolute atomic E-state index is 0.570. The number of rotatable bonds is 6. The predicted molar refractivity (Wildman–Crippen MR) is 93.7 cm³/mol. The molecule has 0 saturated heterocycles. The molecule has 0 bridgehead atoms. The average Bonchev–Trinajstić information content (AvgIpc) is 3.08. The van der Waals surface area contributed by atoms with E-state index in [2.05, 4.69) is 20.0 Å². The molecule has 1 aromatic carbocycles. The monoisotopic (exact) mass is 343 g/mol. The Bertz CT molecular complexity index is 893. The normalized spacial score (nSPS) is 10.8. The molecule has 0 saturated carbocycles. The van der Waals surface area contributed by atoms with Gasteiger partial charge in [-0.05, 0) is 19.1 Å². The Morgan fingerprint density at radius 3 is 2.52 bits per heavy atom. The molecule has 25 heavy (non-hydrogen) atoms. The van der Waals surface area contributed by atoms with Gasteiger partial charge in [-0.1, -0.05) is 0 Å². The van der Waals surface area contributed by atoms with E-state index in [1.165, 1.54) is 6.33 Å². The Morgan fingerprint density at radius 2 is 1.84 bits per heavy atom. The van der Waals surface area contributed by atoms with Gasteiger partial charge in [-0.25, -0.2) is 4.98 Å². The third kappa shape index (κ3) is 3.02. The number of benzene rings is 1. The fourth-order valence-electron chi connectivity index (χ4n) is 2.81. The molecular formula is C17H21N5O3. The number of nitrogens with zero attached hydrogens (tertiary/aromatic N) is 5. The van der Waals surface area contributed by atoms with Crippen LogP contribution in [0.25, 0.3) is 5.78 Å². The zero-order valence-electron chi connectivity index (χ0n) is 15.0. The molecule has 0 radical (unpaired) electrons. The van der Waals surface area contributed by atoms with Crippen molar-refractivity contribution in [2.24, 2.45) is 0 Å². The van der Waals surface area contributed by atoms with Gasteiger partial charge in [0, 0.05) is 30.9 Å². The first-order chi connectivity index (χ1) is 12.1. The summed E-state index contributed by atoms with van der Waals surface area (Å²) in [6.07, 6.45) is 1.50. The van der Waals surface area contributed by atoms with Crippen LogP contribution < -0.4 is 19.1 Å². The van der Waals surface area contributed by atoms with Crippen LogP contribution in [0.1, 0.15) is 11.3 Å². The molecule has 0 atom stereocenters. The van der Waals surface area contributed by atoms with Crippen LogP contribution in [0.5, 0.6) is 17.2 Å². The quantitative estimate of drug-likeness (QED) is 0.678. The van der Waals surface area contributed by atoms with Gasteiger partial charge >= 0.3 is 0 Å². The summed E-state index contributed by atoms with van der Waals surface area (Å²) in [6.45, 7) is 2.52. The largest absolute Gasteiger partial charge is 0.493 e. The highest BCUT2D eigenvalue weighted by Gasteiger charge is 2.18. The van der Waals surface area contributed by atoms with Gasteiger partial charge in [0.25, 0.3) is 5.78 Å². The maximum atomic E-state index is 5.56. The lowest BCUT2D eigenvalue weighted by Crippen LogP contribution is -2.21. The Hall–Kier alpha value is -3.03. The van der Waals surface area contributed by atoms with Crippen molar-refractivity contribution in [3.05, 3.63) is 35.8 Å². The van der Waals surface area contributed by atoms with Crippen LogP contribution in [0.4, 0.5) is 5.82 Å². The minimum atomic E-state index is 0.570. The fraction of sp³-hybridized carbons (Fsp3) is 0.353. The van der Waals surface area contributed by atoms with E-state index in [-0.39, 0.29) is 0 Å². The van der Waals surface area contributed by atoms with E-state index >= 15 is 0 Å². The summed E-state index contributed by atoms with van der Waals surface area (Å²) in [5, 5.41) is 4.25. The molecule has 8 heteroatoms. The van der Waals surface area contributed by atoms with Crippen molar-refractivity contribution >= 4 is 11.6 Å². The summed E-state index contributed by atoms with van der Waals surface area (Å²) in [4.78, 5) is 10.6. The average molecular weight is 343 g/mol. The van der Waals surface area contributed by atoms with E-state index in [0.717, 1.165) is 17.1 Å². The first-order valence-electron chi connectivity index (χ1n) is 7.75. The van der Waals surface area contributed by atoms with Gasteiger partial charge in [0.05, 0.1) is 21.3 Å². The number of hydrogen-bond donors (Lipinski definition) is 0. The lowest BCUT2D eigenvalue weighted by Gasteiger charge is -2.22. The van der Waals surface area contributed by atoms with Gasteiger partial charge in [0.15, 0.2) is 11.5 Å². The van der Waals surface area contributed by atoms with Crippen molar-refractivity contribution in [1.82, 2.24) is 19.6 Å². The number of aryl methyl sites for hydroxylation is 1. The zero-order chi connectivity index (χ0) is 18.0. The molecule has 0 unspecified atom stereocenters. The van der Waals surface area contributed by atoms with Gasteiger partial charge < -0.3 is 19.1 Å². The van der Waals surface area contributed by atoms with Crippen LogP contribution in [0, 0.1) is 6.92 Å². The number of aromatic nitrogens is 4.